The topological polar surface area (TPSA) is 114 Å². The maximum atomic E-state index is 12.8. The molecule has 284 valence electrons. The smallest absolute Gasteiger partial charge is 0.263 e. The molecule has 0 heterocycles. The fourth-order valence-corrected chi connectivity index (χ4v) is 4.81. The number of rotatable bonds is 25. The molecule has 0 radical (unpaired) electrons. The van der Waals surface area contributed by atoms with E-state index in [2.05, 4.69) is 83.6 Å². The van der Waals surface area contributed by atoms with E-state index in [0.29, 0.717) is 35.7 Å². The largest absolute Gasteiger partial charge is 0.478 e. The lowest BCUT2D eigenvalue weighted by atomic mass is 10.1. The maximum absolute atomic E-state index is 12.8. The minimum atomic E-state index is -1.24. The van der Waals surface area contributed by atoms with E-state index < -0.39 is 11.5 Å². The Morgan fingerprint density at radius 1 is 0.660 bits per heavy atom. The van der Waals surface area contributed by atoms with Gasteiger partial charge in [-0.25, -0.2) is 0 Å². The van der Waals surface area contributed by atoms with E-state index in [-0.39, 0.29) is 37.1 Å². The lowest BCUT2D eigenvalue weighted by Gasteiger charge is -2.25. The van der Waals surface area contributed by atoms with Crippen molar-refractivity contribution in [2.45, 2.75) is 84.2 Å². The predicted octanol–water partition coefficient (Wildman–Crippen LogP) is 8.75. The van der Waals surface area contributed by atoms with Gasteiger partial charge in [-0.2, -0.15) is 0 Å². The number of allylic oxidation sites excluding steroid dienone is 12. The van der Waals surface area contributed by atoms with E-state index >= 15 is 0 Å². The van der Waals surface area contributed by atoms with Crippen LogP contribution in [0.3, 0.4) is 0 Å². The van der Waals surface area contributed by atoms with Gasteiger partial charge in [0.05, 0.1) is 13.1 Å². The number of hydrogen-bond donors (Lipinski definition) is 3. The van der Waals surface area contributed by atoms with Crippen LogP contribution in [0.1, 0.15) is 88.1 Å². The summed E-state index contributed by atoms with van der Waals surface area (Å²) in [7, 11) is 0. The third-order valence-corrected chi connectivity index (χ3v) is 7.96. The van der Waals surface area contributed by atoms with Crippen LogP contribution in [0.15, 0.2) is 121 Å². The third kappa shape index (κ3) is 21.2. The van der Waals surface area contributed by atoms with Gasteiger partial charge >= 0.3 is 0 Å². The molecule has 2 aromatic carbocycles. The summed E-state index contributed by atoms with van der Waals surface area (Å²) in [6.07, 6.45) is 32.8. The quantitative estimate of drug-likeness (QED) is 0.0882. The van der Waals surface area contributed by atoms with Crippen LogP contribution in [0, 0.1) is 0 Å². The van der Waals surface area contributed by atoms with Crippen LogP contribution in [0.5, 0.6) is 5.75 Å². The van der Waals surface area contributed by atoms with Gasteiger partial charge in [0.25, 0.3) is 11.8 Å². The van der Waals surface area contributed by atoms with Crippen molar-refractivity contribution in [1.29, 1.82) is 0 Å². The number of halogens is 1. The zero-order valence-corrected chi connectivity index (χ0v) is 32.2. The molecule has 53 heavy (non-hydrogen) atoms. The van der Waals surface area contributed by atoms with Crippen LogP contribution in [-0.4, -0.2) is 48.7 Å². The van der Waals surface area contributed by atoms with E-state index in [1.807, 2.05) is 24.3 Å². The summed E-state index contributed by atoms with van der Waals surface area (Å²) in [4.78, 5) is 49.5. The van der Waals surface area contributed by atoms with Crippen molar-refractivity contribution in [3.63, 3.8) is 0 Å². The average Bonchev–Trinajstić information content (AvgIpc) is 3.14. The van der Waals surface area contributed by atoms with Crippen molar-refractivity contribution in [3.8, 4) is 5.75 Å². The summed E-state index contributed by atoms with van der Waals surface area (Å²) in [5.74, 6) is -0.676. The Labute approximate surface area is 321 Å². The zero-order valence-electron chi connectivity index (χ0n) is 31.5. The molecule has 0 fully saturated rings. The minimum Gasteiger partial charge on any atom is -0.478 e. The molecule has 0 atom stereocenters. The Morgan fingerprint density at radius 2 is 1.17 bits per heavy atom. The summed E-state index contributed by atoms with van der Waals surface area (Å²) in [6, 6.07) is 13.9. The number of benzene rings is 2. The van der Waals surface area contributed by atoms with Crippen molar-refractivity contribution in [1.82, 2.24) is 16.0 Å². The Balaban J connectivity index is 1.54. The molecule has 0 saturated carbocycles. The second-order valence-electron chi connectivity index (χ2n) is 12.7. The first-order valence-electron chi connectivity index (χ1n) is 18.4. The summed E-state index contributed by atoms with van der Waals surface area (Å²) in [6.45, 7) is 5.44. The van der Waals surface area contributed by atoms with Crippen LogP contribution < -0.4 is 20.7 Å². The second kappa shape index (κ2) is 26.8. The van der Waals surface area contributed by atoms with E-state index in [1.165, 1.54) is 0 Å². The SMILES string of the molecule is CCC=CCC=CCC=CCC=CCC=CCC=CCCC(=O)NCC(=O)CNC(=O)C(C)(C)Oc1ccc(CCNC(=O)c2ccc(Cl)cc2)cc1. The number of amides is 3. The Kier molecular flexibility index (Phi) is 22.3. The van der Waals surface area contributed by atoms with Crippen LogP contribution >= 0.6 is 11.6 Å². The first kappa shape index (κ1) is 44.2. The summed E-state index contributed by atoms with van der Waals surface area (Å²) in [5, 5.41) is 8.66. The number of ketones is 1. The molecule has 0 unspecified atom stereocenters. The predicted molar refractivity (Wildman–Crippen MR) is 217 cm³/mol. The minimum absolute atomic E-state index is 0.161. The van der Waals surface area contributed by atoms with Gasteiger partial charge in [-0.1, -0.05) is 104 Å². The van der Waals surface area contributed by atoms with Crippen molar-refractivity contribution in [2.75, 3.05) is 19.6 Å². The van der Waals surface area contributed by atoms with Crippen LogP contribution in [0.2, 0.25) is 5.02 Å². The highest BCUT2D eigenvalue weighted by Crippen LogP contribution is 2.19. The van der Waals surface area contributed by atoms with Crippen molar-refractivity contribution in [3.05, 3.63) is 138 Å². The van der Waals surface area contributed by atoms with Crippen molar-refractivity contribution < 1.29 is 23.9 Å². The highest BCUT2D eigenvalue weighted by Gasteiger charge is 2.30. The molecule has 2 aromatic rings. The van der Waals surface area contributed by atoms with E-state index in [0.717, 1.165) is 44.1 Å². The monoisotopic (exact) mass is 741 g/mol. The lowest BCUT2D eigenvalue weighted by molar-refractivity contribution is -0.135. The van der Waals surface area contributed by atoms with Crippen LogP contribution in [0.4, 0.5) is 0 Å². The first-order valence-corrected chi connectivity index (χ1v) is 18.8. The second-order valence-corrected chi connectivity index (χ2v) is 13.2. The Morgan fingerprint density at radius 3 is 1.72 bits per heavy atom. The van der Waals surface area contributed by atoms with Gasteiger partial charge in [-0.05, 0) is 107 Å². The molecule has 0 saturated heterocycles. The van der Waals surface area contributed by atoms with E-state index in [1.54, 1.807) is 50.2 Å². The molecule has 3 N–H and O–H groups in total. The summed E-state index contributed by atoms with van der Waals surface area (Å²) >= 11 is 5.88. The number of ether oxygens (including phenoxy) is 1. The van der Waals surface area contributed by atoms with Crippen LogP contribution in [0.25, 0.3) is 0 Å². The molecule has 0 bridgehead atoms. The van der Waals surface area contributed by atoms with Crippen molar-refractivity contribution >= 4 is 35.1 Å². The standard InChI is InChI=1S/C44H56ClN3O5/c1-4-5-6-7-8-9-10-11-12-13-14-15-16-17-18-19-20-21-22-23-41(50)47-34-39(49)35-48-43(52)44(2,3)53-40-30-24-36(25-31-40)32-33-46-42(51)37-26-28-38(45)29-27-37/h5-6,8-9,11-12,14-15,17-18,20-21,24-31H,4,7,10,13,16,19,22-23,32-35H2,1-3H3,(H,46,51)(H,47,50)(H,48,52). The Bertz CT molecular complexity index is 1590. The lowest BCUT2D eigenvalue weighted by Crippen LogP contribution is -2.48. The van der Waals surface area contributed by atoms with Gasteiger partial charge in [-0.3, -0.25) is 19.2 Å². The van der Waals surface area contributed by atoms with Gasteiger partial charge in [0.15, 0.2) is 11.4 Å². The molecule has 8 nitrogen and oxygen atoms in total. The van der Waals surface area contributed by atoms with Gasteiger partial charge in [0, 0.05) is 23.6 Å². The summed E-state index contributed by atoms with van der Waals surface area (Å²) in [5.41, 5.74) is 0.287. The molecular weight excluding hydrogens is 686 g/mol. The van der Waals surface area contributed by atoms with Gasteiger partial charge in [-0.15, -0.1) is 0 Å². The van der Waals surface area contributed by atoms with Gasteiger partial charge in [0.2, 0.25) is 5.91 Å². The molecule has 0 aliphatic heterocycles. The number of hydrogen-bond acceptors (Lipinski definition) is 5. The molecule has 9 heteroatoms. The zero-order chi connectivity index (χ0) is 38.6. The van der Waals surface area contributed by atoms with Crippen LogP contribution in [-0.2, 0) is 20.8 Å². The molecule has 2 rings (SSSR count). The van der Waals surface area contributed by atoms with Crippen molar-refractivity contribution in [2.24, 2.45) is 0 Å². The fourth-order valence-electron chi connectivity index (χ4n) is 4.68. The van der Waals surface area contributed by atoms with E-state index in [9.17, 15) is 19.2 Å². The number of Topliss-reactive ketones (excluding diaryl/α,β-unsaturated/α-hetero) is 1. The molecule has 0 spiro atoms. The van der Waals surface area contributed by atoms with Gasteiger partial charge in [0.1, 0.15) is 5.75 Å². The first-order chi connectivity index (χ1) is 25.6. The molecule has 3 amide bonds. The number of nitrogens with one attached hydrogen (secondary N) is 3. The normalized spacial score (nSPS) is 12.2. The maximum Gasteiger partial charge on any atom is 0.263 e. The Hall–Kier alpha value is -4.95. The summed E-state index contributed by atoms with van der Waals surface area (Å²) < 4.78 is 5.90. The number of carbonyl (C=O) groups excluding carboxylic acids is 4. The number of carbonyl (C=O) groups is 4. The molecular formula is C44H56ClN3O5. The molecule has 0 aliphatic rings. The highest BCUT2D eigenvalue weighted by atomic mass is 35.5. The highest BCUT2D eigenvalue weighted by molar-refractivity contribution is 6.30. The molecule has 0 aromatic heterocycles. The third-order valence-electron chi connectivity index (χ3n) is 7.71. The van der Waals surface area contributed by atoms with Gasteiger partial charge < -0.3 is 20.7 Å². The fraction of sp³-hybridized carbons (Fsp3) is 0.364. The van der Waals surface area contributed by atoms with E-state index in [4.69, 9.17) is 16.3 Å². The molecule has 0 aliphatic carbocycles. The average molecular weight is 742 g/mol.